The van der Waals surface area contributed by atoms with Gasteiger partial charge in [-0.15, -0.1) is 0 Å². The maximum Gasteiger partial charge on any atom is 0.133 e. The van der Waals surface area contributed by atoms with E-state index in [2.05, 4.69) is 70.9 Å². The summed E-state index contributed by atoms with van der Waals surface area (Å²) in [5.74, 6) is 0. The summed E-state index contributed by atoms with van der Waals surface area (Å²) in [7, 11) is 1.33. The standard InChI is InChI=1S/C16H28NSi/c1-16(2)15(18(4,5)6)12-13-17(16,3)14-10-8-7-9-11-14/h7-11,15H,12-13H2,1-6H3/q+1. The fourth-order valence-corrected chi connectivity index (χ4v) is 7.48. The summed E-state index contributed by atoms with van der Waals surface area (Å²) in [6, 6.07) is 11.1. The molecular formula is C16H28NSi+. The Labute approximate surface area is 113 Å². The lowest BCUT2D eigenvalue weighted by Crippen LogP contribution is -2.59. The van der Waals surface area contributed by atoms with Gasteiger partial charge in [0, 0.05) is 12.0 Å². The van der Waals surface area contributed by atoms with Crippen molar-refractivity contribution in [2.75, 3.05) is 13.6 Å². The summed E-state index contributed by atoms with van der Waals surface area (Å²) < 4.78 is 1.10. The Morgan fingerprint density at radius 3 is 2.11 bits per heavy atom. The smallest absolute Gasteiger partial charge is 0.133 e. The van der Waals surface area contributed by atoms with Crippen molar-refractivity contribution in [3.8, 4) is 0 Å². The van der Waals surface area contributed by atoms with Gasteiger partial charge in [0.15, 0.2) is 0 Å². The van der Waals surface area contributed by atoms with Crippen LogP contribution >= 0.6 is 0 Å². The molecule has 2 unspecified atom stereocenters. The van der Waals surface area contributed by atoms with Gasteiger partial charge in [0.05, 0.1) is 27.2 Å². The highest BCUT2D eigenvalue weighted by Gasteiger charge is 2.57. The van der Waals surface area contributed by atoms with E-state index >= 15 is 0 Å². The van der Waals surface area contributed by atoms with Gasteiger partial charge in [-0.2, -0.15) is 0 Å². The van der Waals surface area contributed by atoms with Crippen molar-refractivity contribution in [2.24, 2.45) is 0 Å². The molecule has 1 aliphatic heterocycles. The van der Waals surface area contributed by atoms with Gasteiger partial charge in [-0.3, -0.25) is 4.48 Å². The number of para-hydroxylation sites is 1. The number of benzene rings is 1. The molecule has 0 amide bonds. The van der Waals surface area contributed by atoms with Gasteiger partial charge in [-0.1, -0.05) is 37.8 Å². The molecule has 1 fully saturated rings. The zero-order chi connectivity index (χ0) is 13.6. The molecule has 18 heavy (non-hydrogen) atoms. The molecule has 0 aromatic heterocycles. The van der Waals surface area contributed by atoms with Crippen LogP contribution in [-0.4, -0.2) is 27.2 Å². The van der Waals surface area contributed by atoms with Crippen molar-refractivity contribution >= 4 is 13.8 Å². The zero-order valence-corrected chi connectivity index (χ0v) is 13.8. The molecule has 100 valence electrons. The maximum atomic E-state index is 2.53. The van der Waals surface area contributed by atoms with E-state index in [0.29, 0.717) is 5.54 Å². The lowest BCUT2D eigenvalue weighted by atomic mass is 9.98. The molecule has 0 bridgehead atoms. The van der Waals surface area contributed by atoms with E-state index in [-0.39, 0.29) is 0 Å². The molecule has 1 heterocycles. The van der Waals surface area contributed by atoms with Crippen molar-refractivity contribution in [3.63, 3.8) is 0 Å². The van der Waals surface area contributed by atoms with Crippen LogP contribution in [0.3, 0.4) is 0 Å². The molecule has 0 aliphatic carbocycles. The Hall–Kier alpha value is -0.603. The van der Waals surface area contributed by atoms with Crippen LogP contribution in [0.15, 0.2) is 30.3 Å². The number of likely N-dealkylation sites (tertiary alicyclic amines) is 1. The Morgan fingerprint density at radius 2 is 1.67 bits per heavy atom. The first-order valence-corrected chi connectivity index (χ1v) is 10.7. The summed E-state index contributed by atoms with van der Waals surface area (Å²) in [5, 5.41) is 0. The lowest BCUT2D eigenvalue weighted by molar-refractivity contribution is 0.216. The van der Waals surface area contributed by atoms with Crippen LogP contribution in [0.4, 0.5) is 5.69 Å². The molecule has 0 saturated carbocycles. The normalized spacial score (nSPS) is 31.6. The van der Waals surface area contributed by atoms with Gasteiger partial charge >= 0.3 is 0 Å². The summed E-state index contributed by atoms with van der Waals surface area (Å²) in [6.07, 6.45) is 1.38. The zero-order valence-electron chi connectivity index (χ0n) is 12.8. The summed E-state index contributed by atoms with van der Waals surface area (Å²) >= 11 is 0. The molecule has 2 heteroatoms. The molecule has 1 nitrogen and oxygen atoms in total. The second-order valence-electron chi connectivity index (χ2n) is 7.61. The quantitative estimate of drug-likeness (QED) is 0.543. The molecule has 1 aliphatic rings. The largest absolute Gasteiger partial charge is 0.289 e. The van der Waals surface area contributed by atoms with Crippen LogP contribution in [0.1, 0.15) is 20.3 Å². The predicted molar refractivity (Wildman–Crippen MR) is 84.8 cm³/mol. The number of rotatable bonds is 2. The molecule has 2 atom stereocenters. The Morgan fingerprint density at radius 1 is 1.11 bits per heavy atom. The summed E-state index contributed by atoms with van der Waals surface area (Å²) in [4.78, 5) is 0. The van der Waals surface area contributed by atoms with Gasteiger partial charge in [-0.25, -0.2) is 0 Å². The molecule has 1 aromatic rings. The Bertz CT molecular complexity index is 418. The van der Waals surface area contributed by atoms with E-state index in [9.17, 15) is 0 Å². The second kappa shape index (κ2) is 4.21. The van der Waals surface area contributed by atoms with Crippen LogP contribution in [0.5, 0.6) is 0 Å². The highest BCUT2D eigenvalue weighted by molar-refractivity contribution is 6.77. The van der Waals surface area contributed by atoms with E-state index in [0.717, 1.165) is 10.0 Å². The van der Waals surface area contributed by atoms with E-state index in [4.69, 9.17) is 0 Å². The minimum absolute atomic E-state index is 0.353. The second-order valence-corrected chi connectivity index (χ2v) is 13.0. The summed E-state index contributed by atoms with van der Waals surface area (Å²) in [6.45, 7) is 13.8. The number of hydrogen-bond acceptors (Lipinski definition) is 0. The first-order chi connectivity index (χ1) is 8.19. The number of quaternary nitrogens is 1. The average Bonchev–Trinajstić information content (AvgIpc) is 2.52. The van der Waals surface area contributed by atoms with Gasteiger partial charge in [-0.05, 0) is 26.0 Å². The SMILES string of the molecule is CC1(C)C([Si](C)(C)C)CC[N+]1(C)c1ccccc1. The highest BCUT2D eigenvalue weighted by atomic mass is 28.3. The number of nitrogens with zero attached hydrogens (tertiary/aromatic N) is 1. The van der Waals surface area contributed by atoms with Crippen LogP contribution in [-0.2, 0) is 0 Å². The Kier molecular flexibility index (Phi) is 3.23. The van der Waals surface area contributed by atoms with Crippen LogP contribution in [0.2, 0.25) is 25.2 Å². The first-order valence-electron chi connectivity index (χ1n) is 7.11. The first kappa shape index (κ1) is 13.8. The van der Waals surface area contributed by atoms with Gasteiger partial charge in [0.2, 0.25) is 0 Å². The fraction of sp³-hybridized carbons (Fsp3) is 0.625. The molecule has 1 saturated heterocycles. The van der Waals surface area contributed by atoms with Crippen LogP contribution < -0.4 is 4.48 Å². The van der Waals surface area contributed by atoms with Gasteiger partial charge in [0.25, 0.3) is 0 Å². The maximum absolute atomic E-state index is 2.53. The Balaban J connectivity index is 2.43. The molecule has 2 rings (SSSR count). The lowest BCUT2D eigenvalue weighted by Gasteiger charge is -2.46. The third-order valence-corrected chi connectivity index (χ3v) is 8.45. The van der Waals surface area contributed by atoms with Crippen molar-refractivity contribution in [1.82, 2.24) is 4.48 Å². The van der Waals surface area contributed by atoms with E-state index < -0.39 is 8.07 Å². The fourth-order valence-electron chi connectivity index (χ4n) is 4.08. The third-order valence-electron chi connectivity index (χ3n) is 5.36. The topological polar surface area (TPSA) is 0 Å². The molecule has 0 spiro atoms. The van der Waals surface area contributed by atoms with E-state index in [1.807, 2.05) is 0 Å². The molecule has 0 radical (unpaired) electrons. The minimum Gasteiger partial charge on any atom is -0.289 e. The monoisotopic (exact) mass is 262 g/mol. The number of hydrogen-bond donors (Lipinski definition) is 0. The minimum atomic E-state index is -1.10. The summed E-state index contributed by atoms with van der Waals surface area (Å²) in [5.41, 5.74) is 2.73. The molecular weight excluding hydrogens is 234 g/mol. The van der Waals surface area contributed by atoms with Crippen molar-refractivity contribution in [2.45, 2.75) is 51.0 Å². The van der Waals surface area contributed by atoms with Crippen molar-refractivity contribution in [1.29, 1.82) is 0 Å². The third kappa shape index (κ3) is 1.96. The highest BCUT2D eigenvalue weighted by Crippen LogP contribution is 2.51. The van der Waals surface area contributed by atoms with Crippen LogP contribution in [0.25, 0.3) is 0 Å². The predicted octanol–water partition coefficient (Wildman–Crippen LogP) is 4.51. The van der Waals surface area contributed by atoms with Crippen LogP contribution in [0, 0.1) is 0 Å². The molecule has 0 N–H and O–H groups in total. The van der Waals surface area contributed by atoms with Crippen molar-refractivity contribution < 1.29 is 0 Å². The van der Waals surface area contributed by atoms with Gasteiger partial charge < -0.3 is 0 Å². The van der Waals surface area contributed by atoms with E-state index in [1.54, 1.807) is 0 Å². The van der Waals surface area contributed by atoms with E-state index in [1.165, 1.54) is 18.7 Å². The average molecular weight is 262 g/mol. The molecule has 1 aromatic carbocycles. The van der Waals surface area contributed by atoms with Crippen molar-refractivity contribution in [3.05, 3.63) is 30.3 Å². The van der Waals surface area contributed by atoms with Gasteiger partial charge in [0.1, 0.15) is 5.69 Å².